The van der Waals surface area contributed by atoms with Gasteiger partial charge in [0, 0.05) is 17.3 Å². The van der Waals surface area contributed by atoms with Crippen LogP contribution in [0.1, 0.15) is 49.8 Å². The normalized spacial score (nSPS) is 24.8. The fourth-order valence-electron chi connectivity index (χ4n) is 3.09. The van der Waals surface area contributed by atoms with E-state index in [2.05, 4.69) is 11.6 Å². The monoisotopic (exact) mass is 317 g/mol. The van der Waals surface area contributed by atoms with E-state index in [1.807, 2.05) is 18.7 Å². The summed E-state index contributed by atoms with van der Waals surface area (Å²) in [6.45, 7) is 1.83. The minimum Gasteiger partial charge on any atom is -0.307 e. The van der Waals surface area contributed by atoms with E-state index in [4.69, 9.17) is 0 Å². The van der Waals surface area contributed by atoms with Crippen LogP contribution in [0.5, 0.6) is 0 Å². The second-order valence-corrected chi connectivity index (χ2v) is 6.83. The fraction of sp³-hybridized carbons (Fsp3) is 0.625. The molecule has 2 rings (SSSR count). The molecule has 1 saturated carbocycles. The lowest BCUT2D eigenvalue weighted by atomic mass is 9.93. The Morgan fingerprint density at radius 2 is 1.95 bits per heavy atom. The van der Waals surface area contributed by atoms with Gasteiger partial charge in [0.15, 0.2) is 0 Å². The highest BCUT2D eigenvalue weighted by atomic mass is 32.2. The summed E-state index contributed by atoms with van der Waals surface area (Å²) in [6.07, 6.45) is 2.27. The first-order valence-electron chi connectivity index (χ1n) is 7.36. The zero-order valence-electron chi connectivity index (χ0n) is 12.4. The summed E-state index contributed by atoms with van der Waals surface area (Å²) in [5.41, 5.74) is -0.182. The molecule has 0 heterocycles. The van der Waals surface area contributed by atoms with Gasteiger partial charge in [-0.3, -0.25) is 0 Å². The van der Waals surface area contributed by atoms with Crippen molar-refractivity contribution in [1.29, 1.82) is 0 Å². The third kappa shape index (κ3) is 4.39. The van der Waals surface area contributed by atoms with Crippen LogP contribution in [0.15, 0.2) is 24.3 Å². The van der Waals surface area contributed by atoms with Gasteiger partial charge in [-0.25, -0.2) is 0 Å². The summed E-state index contributed by atoms with van der Waals surface area (Å²) < 4.78 is 39.2. The van der Waals surface area contributed by atoms with Crippen LogP contribution in [0.4, 0.5) is 13.2 Å². The Balaban J connectivity index is 2.08. The Morgan fingerprint density at radius 3 is 2.62 bits per heavy atom. The molecule has 0 aromatic heterocycles. The minimum atomic E-state index is -4.29. The largest absolute Gasteiger partial charge is 0.416 e. The van der Waals surface area contributed by atoms with Crippen LogP contribution in [0.3, 0.4) is 0 Å². The van der Waals surface area contributed by atoms with Crippen molar-refractivity contribution in [2.24, 2.45) is 0 Å². The third-order valence-corrected chi connectivity index (χ3v) is 5.27. The number of thioether (sulfide) groups is 1. The standard InChI is InChI=1S/C16H22F3NS/c1-11(20-12-6-5-7-13(10-12)21-2)14-8-3-4-9-15(14)16(17,18)19/h3-4,8-9,11-13,20H,5-7,10H2,1-2H3. The molecule has 0 amide bonds. The first kappa shape index (κ1) is 16.7. The molecule has 1 fully saturated rings. The Hall–Kier alpha value is -0.680. The number of alkyl halides is 3. The first-order chi connectivity index (χ1) is 9.91. The first-order valence-corrected chi connectivity index (χ1v) is 8.65. The van der Waals surface area contributed by atoms with E-state index >= 15 is 0 Å². The number of nitrogens with one attached hydrogen (secondary N) is 1. The lowest BCUT2D eigenvalue weighted by molar-refractivity contribution is -0.138. The highest BCUT2D eigenvalue weighted by Gasteiger charge is 2.34. The van der Waals surface area contributed by atoms with Crippen LogP contribution in [-0.2, 0) is 6.18 Å². The Bertz CT molecular complexity index is 461. The smallest absolute Gasteiger partial charge is 0.307 e. The molecule has 1 nitrogen and oxygen atoms in total. The number of hydrogen-bond acceptors (Lipinski definition) is 2. The molecule has 3 atom stereocenters. The van der Waals surface area contributed by atoms with Gasteiger partial charge in [-0.2, -0.15) is 24.9 Å². The van der Waals surface area contributed by atoms with E-state index in [-0.39, 0.29) is 6.04 Å². The highest BCUT2D eigenvalue weighted by molar-refractivity contribution is 7.99. The lowest BCUT2D eigenvalue weighted by Gasteiger charge is -2.32. The molecule has 1 aromatic rings. The van der Waals surface area contributed by atoms with E-state index in [9.17, 15) is 13.2 Å². The molecule has 5 heteroatoms. The summed E-state index contributed by atoms with van der Waals surface area (Å²) in [6, 6.07) is 5.90. The van der Waals surface area contributed by atoms with Gasteiger partial charge in [-0.15, -0.1) is 0 Å². The molecule has 0 radical (unpaired) electrons. The van der Waals surface area contributed by atoms with E-state index in [1.54, 1.807) is 12.1 Å². The van der Waals surface area contributed by atoms with Crippen LogP contribution >= 0.6 is 11.8 Å². The molecule has 0 bridgehead atoms. The second-order valence-electron chi connectivity index (χ2n) is 5.69. The molecular weight excluding hydrogens is 295 g/mol. The molecule has 1 aliphatic rings. The van der Waals surface area contributed by atoms with Gasteiger partial charge in [0.05, 0.1) is 5.56 Å². The van der Waals surface area contributed by atoms with Crippen LogP contribution in [-0.4, -0.2) is 17.5 Å². The minimum absolute atomic E-state index is 0.284. The van der Waals surface area contributed by atoms with Crippen LogP contribution in [0.2, 0.25) is 0 Å². The second kappa shape index (κ2) is 7.05. The number of benzene rings is 1. The Kier molecular flexibility index (Phi) is 5.60. The van der Waals surface area contributed by atoms with Crippen LogP contribution in [0, 0.1) is 0 Å². The van der Waals surface area contributed by atoms with Gasteiger partial charge in [-0.05, 0) is 44.1 Å². The van der Waals surface area contributed by atoms with Crippen molar-refractivity contribution < 1.29 is 13.2 Å². The van der Waals surface area contributed by atoms with Crippen molar-refractivity contribution in [2.75, 3.05) is 6.26 Å². The molecular formula is C16H22F3NS. The van der Waals surface area contributed by atoms with Crippen molar-refractivity contribution in [2.45, 2.75) is 56.1 Å². The number of hydrogen-bond donors (Lipinski definition) is 1. The van der Waals surface area contributed by atoms with Gasteiger partial charge >= 0.3 is 6.18 Å². The van der Waals surface area contributed by atoms with Crippen LogP contribution < -0.4 is 5.32 Å². The molecule has 1 aromatic carbocycles. The summed E-state index contributed by atoms with van der Waals surface area (Å²) in [5, 5.41) is 4.02. The average Bonchev–Trinajstić information content (AvgIpc) is 2.46. The lowest BCUT2D eigenvalue weighted by Crippen LogP contribution is -2.37. The van der Waals surface area contributed by atoms with Gasteiger partial charge in [-0.1, -0.05) is 24.6 Å². The molecule has 0 saturated heterocycles. The maximum absolute atomic E-state index is 13.1. The zero-order valence-corrected chi connectivity index (χ0v) is 13.2. The van der Waals surface area contributed by atoms with E-state index in [0.717, 1.165) is 19.3 Å². The van der Waals surface area contributed by atoms with E-state index in [0.29, 0.717) is 16.9 Å². The average molecular weight is 317 g/mol. The topological polar surface area (TPSA) is 12.0 Å². The molecule has 1 aliphatic carbocycles. The third-order valence-electron chi connectivity index (χ3n) is 4.18. The molecule has 21 heavy (non-hydrogen) atoms. The van der Waals surface area contributed by atoms with Crippen molar-refractivity contribution in [3.05, 3.63) is 35.4 Å². The Morgan fingerprint density at radius 1 is 1.24 bits per heavy atom. The van der Waals surface area contributed by atoms with Crippen molar-refractivity contribution in [3.8, 4) is 0 Å². The van der Waals surface area contributed by atoms with E-state index in [1.165, 1.54) is 18.6 Å². The van der Waals surface area contributed by atoms with Crippen LogP contribution in [0.25, 0.3) is 0 Å². The molecule has 118 valence electrons. The maximum Gasteiger partial charge on any atom is 0.416 e. The van der Waals surface area contributed by atoms with E-state index < -0.39 is 11.7 Å². The van der Waals surface area contributed by atoms with Crippen molar-refractivity contribution in [1.82, 2.24) is 5.32 Å². The summed E-state index contributed by atoms with van der Waals surface area (Å²) in [5.74, 6) is 0. The van der Waals surface area contributed by atoms with Gasteiger partial charge < -0.3 is 5.32 Å². The highest BCUT2D eigenvalue weighted by Crippen LogP contribution is 2.35. The number of rotatable bonds is 4. The maximum atomic E-state index is 13.1. The van der Waals surface area contributed by atoms with Gasteiger partial charge in [0.1, 0.15) is 0 Å². The number of halogens is 3. The van der Waals surface area contributed by atoms with Crippen molar-refractivity contribution >= 4 is 11.8 Å². The molecule has 3 unspecified atom stereocenters. The SMILES string of the molecule is CSC1CCCC(NC(C)c2ccccc2C(F)(F)F)C1. The predicted molar refractivity (Wildman–Crippen MR) is 82.6 cm³/mol. The summed E-state index contributed by atoms with van der Waals surface area (Å²) in [4.78, 5) is 0. The summed E-state index contributed by atoms with van der Waals surface area (Å²) >= 11 is 1.86. The molecule has 0 aliphatic heterocycles. The van der Waals surface area contributed by atoms with Crippen molar-refractivity contribution in [3.63, 3.8) is 0 Å². The zero-order chi connectivity index (χ0) is 15.5. The summed E-state index contributed by atoms with van der Waals surface area (Å²) in [7, 11) is 0. The predicted octanol–water partition coefficient (Wildman–Crippen LogP) is 5.03. The molecule has 0 spiro atoms. The molecule has 1 N–H and O–H groups in total. The van der Waals surface area contributed by atoms with Gasteiger partial charge in [0.2, 0.25) is 0 Å². The Labute approximate surface area is 128 Å². The fourth-order valence-corrected chi connectivity index (χ4v) is 3.91. The van der Waals surface area contributed by atoms with Gasteiger partial charge in [0.25, 0.3) is 0 Å². The quantitative estimate of drug-likeness (QED) is 0.836.